The molecule has 1 atom stereocenters. The van der Waals surface area contributed by atoms with Gasteiger partial charge in [-0.2, -0.15) is 0 Å². The number of aryl methyl sites for hydroxylation is 2. The zero-order valence-corrected chi connectivity index (χ0v) is 15.6. The summed E-state index contributed by atoms with van der Waals surface area (Å²) in [5, 5.41) is 14.4. The Labute approximate surface area is 160 Å². The van der Waals surface area contributed by atoms with Crippen molar-refractivity contribution in [1.29, 1.82) is 0 Å². The van der Waals surface area contributed by atoms with Crippen molar-refractivity contribution in [2.45, 2.75) is 38.1 Å². The predicted molar refractivity (Wildman–Crippen MR) is 99.2 cm³/mol. The number of anilines is 1. The van der Waals surface area contributed by atoms with Crippen LogP contribution in [0.4, 0.5) is 9.93 Å². The number of benzene rings is 1. The van der Waals surface area contributed by atoms with Gasteiger partial charge in [-0.25, -0.2) is 4.79 Å². The molecule has 0 bridgehead atoms. The maximum Gasteiger partial charge on any atom is 0.325 e. The molecule has 8 nitrogen and oxygen atoms in total. The van der Waals surface area contributed by atoms with Gasteiger partial charge in [0.1, 0.15) is 17.1 Å². The van der Waals surface area contributed by atoms with Gasteiger partial charge in [0.05, 0.1) is 0 Å². The van der Waals surface area contributed by atoms with Crippen molar-refractivity contribution >= 4 is 34.3 Å². The van der Waals surface area contributed by atoms with Crippen LogP contribution in [0.1, 0.15) is 35.9 Å². The first-order valence-electron chi connectivity index (χ1n) is 8.88. The van der Waals surface area contributed by atoms with Crippen molar-refractivity contribution in [3.63, 3.8) is 0 Å². The molecule has 0 unspecified atom stereocenters. The highest BCUT2D eigenvalue weighted by molar-refractivity contribution is 7.15. The molecule has 2 aliphatic rings. The van der Waals surface area contributed by atoms with Gasteiger partial charge in [0.2, 0.25) is 11.0 Å². The van der Waals surface area contributed by atoms with Gasteiger partial charge in [-0.3, -0.25) is 19.8 Å². The number of urea groups is 1. The highest BCUT2D eigenvalue weighted by Crippen LogP contribution is 2.39. The Bertz CT molecular complexity index is 927. The van der Waals surface area contributed by atoms with Gasteiger partial charge < -0.3 is 5.32 Å². The minimum atomic E-state index is -1.07. The zero-order valence-electron chi connectivity index (χ0n) is 14.8. The monoisotopic (exact) mass is 385 g/mol. The van der Waals surface area contributed by atoms with E-state index >= 15 is 0 Å². The topological polar surface area (TPSA) is 104 Å². The van der Waals surface area contributed by atoms with Crippen LogP contribution in [0, 0.1) is 0 Å². The fourth-order valence-electron chi connectivity index (χ4n) is 3.70. The van der Waals surface area contributed by atoms with Crippen molar-refractivity contribution in [2.75, 3.05) is 11.9 Å². The van der Waals surface area contributed by atoms with Crippen LogP contribution in [0.3, 0.4) is 0 Å². The van der Waals surface area contributed by atoms with Crippen LogP contribution in [0.2, 0.25) is 0 Å². The first kappa shape index (κ1) is 17.6. The third-order valence-electron chi connectivity index (χ3n) is 4.97. The summed E-state index contributed by atoms with van der Waals surface area (Å²) in [5.41, 5.74) is 0.823. The van der Waals surface area contributed by atoms with Gasteiger partial charge in [0.15, 0.2) is 0 Å². The number of hydrogen-bond donors (Lipinski definition) is 2. The first-order chi connectivity index (χ1) is 13.0. The molecule has 1 aliphatic carbocycles. The molecule has 1 saturated heterocycles. The number of rotatable bonds is 4. The largest absolute Gasteiger partial charge is 0.325 e. The normalized spacial score (nSPS) is 21.3. The van der Waals surface area contributed by atoms with Gasteiger partial charge in [0, 0.05) is 0 Å². The summed E-state index contributed by atoms with van der Waals surface area (Å²) in [6.07, 6.45) is 2.93. The molecule has 140 valence electrons. The number of nitrogens with zero attached hydrogens (tertiary/aromatic N) is 3. The highest BCUT2D eigenvalue weighted by atomic mass is 32.1. The van der Waals surface area contributed by atoms with E-state index in [0.717, 1.165) is 40.3 Å². The summed E-state index contributed by atoms with van der Waals surface area (Å²) in [6.45, 7) is 1.59. The Morgan fingerprint density at radius 2 is 2.15 bits per heavy atom. The van der Waals surface area contributed by atoms with Crippen molar-refractivity contribution in [3.8, 4) is 0 Å². The molecular formula is C18H19N5O3S. The van der Waals surface area contributed by atoms with E-state index in [9.17, 15) is 14.4 Å². The molecule has 1 spiro atoms. The Morgan fingerprint density at radius 3 is 2.93 bits per heavy atom. The molecule has 9 heteroatoms. The number of hydrogen-bond acceptors (Lipinski definition) is 6. The molecular weight excluding hydrogens is 366 g/mol. The number of amides is 4. The first-order valence-corrected chi connectivity index (χ1v) is 9.70. The third-order valence-corrected chi connectivity index (χ3v) is 5.95. The molecule has 1 aromatic heterocycles. The summed E-state index contributed by atoms with van der Waals surface area (Å²) >= 11 is 1.27. The summed E-state index contributed by atoms with van der Waals surface area (Å²) in [7, 11) is 0. The fraction of sp³-hybridized carbons (Fsp3) is 0.389. The second-order valence-corrected chi connectivity index (χ2v) is 7.70. The van der Waals surface area contributed by atoms with Crippen LogP contribution in [-0.4, -0.2) is 39.5 Å². The molecule has 0 radical (unpaired) electrons. The SMILES string of the molecule is CCc1nnc(NC(=O)CN2C(=O)N[C@@]3(CCCc4ccccc43)C2=O)s1. The van der Waals surface area contributed by atoms with Crippen molar-refractivity contribution in [1.82, 2.24) is 20.4 Å². The number of carbonyl (C=O) groups is 3. The minimum Gasteiger partial charge on any atom is -0.319 e. The van der Waals surface area contributed by atoms with Crippen molar-refractivity contribution in [2.24, 2.45) is 0 Å². The van der Waals surface area contributed by atoms with E-state index in [1.54, 1.807) is 0 Å². The fourth-order valence-corrected chi connectivity index (χ4v) is 4.40. The maximum atomic E-state index is 13.1. The average Bonchev–Trinajstić information content (AvgIpc) is 3.21. The summed E-state index contributed by atoms with van der Waals surface area (Å²) in [4.78, 5) is 38.9. The van der Waals surface area contributed by atoms with Gasteiger partial charge in [-0.1, -0.05) is 42.5 Å². The Hall–Kier alpha value is -2.81. The number of aromatic nitrogens is 2. The Morgan fingerprint density at radius 1 is 1.33 bits per heavy atom. The number of carbonyl (C=O) groups excluding carboxylic acids is 3. The number of imide groups is 1. The maximum absolute atomic E-state index is 13.1. The van der Waals surface area contributed by atoms with E-state index in [2.05, 4.69) is 20.8 Å². The molecule has 2 aromatic rings. The van der Waals surface area contributed by atoms with Crippen LogP contribution in [0.5, 0.6) is 0 Å². The van der Waals surface area contributed by atoms with Crippen LogP contribution in [0.25, 0.3) is 0 Å². The third kappa shape index (κ3) is 2.97. The Kier molecular flexibility index (Phi) is 4.39. The van der Waals surface area contributed by atoms with E-state index in [1.165, 1.54) is 11.3 Å². The lowest BCUT2D eigenvalue weighted by Crippen LogP contribution is -2.47. The van der Waals surface area contributed by atoms with Crippen LogP contribution < -0.4 is 10.6 Å². The average molecular weight is 385 g/mol. The number of fused-ring (bicyclic) bond motifs is 2. The molecule has 4 rings (SSSR count). The van der Waals surface area contributed by atoms with Crippen molar-refractivity contribution < 1.29 is 14.4 Å². The van der Waals surface area contributed by atoms with Gasteiger partial charge >= 0.3 is 6.03 Å². The van der Waals surface area contributed by atoms with Crippen LogP contribution in [-0.2, 0) is 28.0 Å². The number of nitrogens with one attached hydrogen (secondary N) is 2. The van der Waals surface area contributed by atoms with Gasteiger partial charge in [-0.15, -0.1) is 10.2 Å². The van der Waals surface area contributed by atoms with Crippen molar-refractivity contribution in [3.05, 3.63) is 40.4 Å². The second kappa shape index (κ2) is 6.73. The lowest BCUT2D eigenvalue weighted by atomic mass is 9.76. The highest BCUT2D eigenvalue weighted by Gasteiger charge is 2.54. The molecule has 1 fully saturated rings. The van der Waals surface area contributed by atoms with E-state index in [4.69, 9.17) is 0 Å². The zero-order chi connectivity index (χ0) is 19.0. The summed E-state index contributed by atoms with van der Waals surface area (Å²) < 4.78 is 0. The summed E-state index contributed by atoms with van der Waals surface area (Å²) in [6, 6.07) is 7.10. The molecule has 0 saturated carbocycles. The van der Waals surface area contributed by atoms with E-state index in [-0.39, 0.29) is 12.5 Å². The molecule has 27 heavy (non-hydrogen) atoms. The van der Waals surface area contributed by atoms with Crippen LogP contribution >= 0.6 is 11.3 Å². The standard InChI is InChI=1S/C18H19N5O3S/c1-2-14-21-22-16(27-14)19-13(24)10-23-15(25)18(20-17(23)26)9-5-7-11-6-3-4-8-12(11)18/h3-4,6,8H,2,5,7,9-10H2,1H3,(H,20,26)(H,19,22,24)/t18-/m1/s1. The lowest BCUT2D eigenvalue weighted by molar-refractivity contribution is -0.134. The molecule has 2 heterocycles. The van der Waals surface area contributed by atoms with Crippen LogP contribution in [0.15, 0.2) is 24.3 Å². The van der Waals surface area contributed by atoms with Gasteiger partial charge in [0.25, 0.3) is 5.91 Å². The second-order valence-electron chi connectivity index (χ2n) is 6.64. The smallest absolute Gasteiger partial charge is 0.319 e. The summed E-state index contributed by atoms with van der Waals surface area (Å²) in [5.74, 6) is -0.847. The van der Waals surface area contributed by atoms with Gasteiger partial charge in [-0.05, 0) is 36.8 Å². The van der Waals surface area contributed by atoms with E-state index < -0.39 is 17.5 Å². The quantitative estimate of drug-likeness (QED) is 0.782. The van der Waals surface area contributed by atoms with E-state index in [0.29, 0.717) is 11.6 Å². The molecule has 4 amide bonds. The lowest BCUT2D eigenvalue weighted by Gasteiger charge is -2.33. The minimum absolute atomic E-state index is 0.352. The molecule has 2 N–H and O–H groups in total. The van der Waals surface area contributed by atoms with E-state index in [1.807, 2.05) is 31.2 Å². The molecule has 1 aliphatic heterocycles. The predicted octanol–water partition coefficient (Wildman–Crippen LogP) is 1.82. The Balaban J connectivity index is 1.53. The molecule has 1 aromatic carbocycles.